The second-order valence-electron chi connectivity index (χ2n) is 3.22. The molecule has 16 heavy (non-hydrogen) atoms. The van der Waals surface area contributed by atoms with Crippen molar-refractivity contribution in [1.82, 2.24) is 4.98 Å². The zero-order valence-corrected chi connectivity index (χ0v) is 9.14. The Morgan fingerprint density at radius 3 is 3.06 bits per heavy atom. The molecule has 0 spiro atoms. The van der Waals surface area contributed by atoms with Gasteiger partial charge in [0.25, 0.3) is 0 Å². The fourth-order valence-corrected chi connectivity index (χ4v) is 1.37. The van der Waals surface area contributed by atoms with Crippen molar-refractivity contribution in [3.63, 3.8) is 0 Å². The predicted molar refractivity (Wildman–Crippen MR) is 61.4 cm³/mol. The zero-order chi connectivity index (χ0) is 11.2. The van der Waals surface area contributed by atoms with E-state index in [0.29, 0.717) is 19.0 Å². The molecule has 0 radical (unpaired) electrons. The largest absolute Gasteiger partial charge is 0.476 e. The van der Waals surface area contributed by atoms with Crippen LogP contribution >= 0.6 is 0 Å². The van der Waals surface area contributed by atoms with Crippen molar-refractivity contribution in [2.24, 2.45) is 0 Å². The second-order valence-corrected chi connectivity index (χ2v) is 3.22. The number of aromatic nitrogens is 1. The number of nitrogens with zero attached hydrogens (tertiary/aromatic N) is 1. The molecule has 2 rings (SSSR count). The molecule has 0 unspecified atom stereocenters. The van der Waals surface area contributed by atoms with Gasteiger partial charge >= 0.3 is 0 Å². The van der Waals surface area contributed by atoms with Crippen LogP contribution in [-0.2, 0) is 6.54 Å². The maximum atomic E-state index is 5.40. The van der Waals surface area contributed by atoms with Gasteiger partial charge in [-0.1, -0.05) is 0 Å². The van der Waals surface area contributed by atoms with E-state index < -0.39 is 0 Å². The van der Waals surface area contributed by atoms with Crippen molar-refractivity contribution < 1.29 is 9.15 Å². The van der Waals surface area contributed by atoms with Gasteiger partial charge in [0.2, 0.25) is 5.88 Å². The lowest BCUT2D eigenvalue weighted by molar-refractivity contribution is 0.328. The van der Waals surface area contributed by atoms with Crippen LogP contribution < -0.4 is 10.1 Å². The van der Waals surface area contributed by atoms with Gasteiger partial charge in [-0.2, -0.15) is 0 Å². The van der Waals surface area contributed by atoms with Crippen LogP contribution in [0.4, 0.5) is 5.69 Å². The quantitative estimate of drug-likeness (QED) is 0.838. The number of pyridine rings is 1. The van der Waals surface area contributed by atoms with Crippen LogP contribution in [0.15, 0.2) is 41.1 Å². The van der Waals surface area contributed by atoms with Crippen LogP contribution in [-0.4, -0.2) is 11.6 Å². The van der Waals surface area contributed by atoms with Crippen LogP contribution in [0.2, 0.25) is 0 Å². The Kier molecular flexibility index (Phi) is 3.43. The highest BCUT2D eigenvalue weighted by Crippen LogP contribution is 2.21. The lowest BCUT2D eigenvalue weighted by Gasteiger charge is -2.09. The number of hydrogen-bond acceptors (Lipinski definition) is 4. The number of furan rings is 1. The van der Waals surface area contributed by atoms with Crippen molar-refractivity contribution in [2.45, 2.75) is 13.5 Å². The van der Waals surface area contributed by atoms with Gasteiger partial charge in [-0.15, -0.1) is 0 Å². The van der Waals surface area contributed by atoms with Crippen molar-refractivity contribution in [3.8, 4) is 5.88 Å². The molecule has 1 N–H and O–H groups in total. The molecular weight excluding hydrogens is 204 g/mol. The number of nitrogens with one attached hydrogen (secondary N) is 1. The predicted octanol–water partition coefficient (Wildman–Crippen LogP) is 2.69. The van der Waals surface area contributed by atoms with Crippen molar-refractivity contribution >= 4 is 5.69 Å². The second kappa shape index (κ2) is 5.21. The molecule has 4 nitrogen and oxygen atoms in total. The third-order valence-corrected chi connectivity index (χ3v) is 2.09. The smallest absolute Gasteiger partial charge is 0.237 e. The highest BCUT2D eigenvalue weighted by molar-refractivity contribution is 5.52. The van der Waals surface area contributed by atoms with E-state index in [1.807, 2.05) is 31.2 Å². The zero-order valence-electron chi connectivity index (χ0n) is 9.14. The van der Waals surface area contributed by atoms with Crippen LogP contribution in [0.1, 0.15) is 12.7 Å². The Labute approximate surface area is 94.3 Å². The van der Waals surface area contributed by atoms with Gasteiger partial charge in [0.1, 0.15) is 5.76 Å². The Hall–Kier alpha value is -1.97. The van der Waals surface area contributed by atoms with E-state index in [0.717, 1.165) is 11.4 Å². The summed E-state index contributed by atoms with van der Waals surface area (Å²) in [6.07, 6.45) is 3.37. The van der Waals surface area contributed by atoms with E-state index in [-0.39, 0.29) is 0 Å². The summed E-state index contributed by atoms with van der Waals surface area (Å²) in [6.45, 7) is 3.16. The molecular formula is C12H14N2O2. The molecule has 2 aromatic heterocycles. The molecule has 0 aliphatic rings. The molecule has 2 heterocycles. The van der Waals surface area contributed by atoms with Crippen LogP contribution in [0.25, 0.3) is 0 Å². The molecule has 0 saturated heterocycles. The van der Waals surface area contributed by atoms with E-state index in [1.165, 1.54) is 0 Å². The summed E-state index contributed by atoms with van der Waals surface area (Å²) in [6, 6.07) is 7.58. The normalized spacial score (nSPS) is 10.1. The summed E-state index contributed by atoms with van der Waals surface area (Å²) in [4.78, 5) is 4.15. The van der Waals surface area contributed by atoms with Gasteiger partial charge in [0, 0.05) is 6.20 Å². The summed E-state index contributed by atoms with van der Waals surface area (Å²) < 4.78 is 10.6. The van der Waals surface area contributed by atoms with Crippen LogP contribution in [0.3, 0.4) is 0 Å². The van der Waals surface area contributed by atoms with Crippen molar-refractivity contribution in [2.75, 3.05) is 11.9 Å². The van der Waals surface area contributed by atoms with E-state index in [9.17, 15) is 0 Å². The monoisotopic (exact) mass is 218 g/mol. The van der Waals surface area contributed by atoms with E-state index in [4.69, 9.17) is 9.15 Å². The lowest BCUT2D eigenvalue weighted by atomic mass is 10.3. The molecule has 4 heteroatoms. The first-order valence-corrected chi connectivity index (χ1v) is 5.24. The Bertz CT molecular complexity index is 426. The van der Waals surface area contributed by atoms with Gasteiger partial charge in [0.05, 0.1) is 25.1 Å². The summed E-state index contributed by atoms with van der Waals surface area (Å²) >= 11 is 0. The molecule has 0 atom stereocenters. The minimum Gasteiger partial charge on any atom is -0.476 e. The van der Waals surface area contributed by atoms with E-state index in [2.05, 4.69) is 10.3 Å². The third kappa shape index (κ3) is 2.53. The van der Waals surface area contributed by atoms with Gasteiger partial charge in [-0.05, 0) is 31.2 Å². The molecule has 0 saturated carbocycles. The highest BCUT2D eigenvalue weighted by Gasteiger charge is 2.03. The molecule has 84 valence electrons. The molecule has 2 aromatic rings. The lowest BCUT2D eigenvalue weighted by Crippen LogP contribution is -2.03. The van der Waals surface area contributed by atoms with Gasteiger partial charge in [-0.3, -0.25) is 0 Å². The minimum absolute atomic E-state index is 0.604. The fourth-order valence-electron chi connectivity index (χ4n) is 1.37. The average Bonchev–Trinajstić information content (AvgIpc) is 2.81. The number of anilines is 1. The minimum atomic E-state index is 0.604. The highest BCUT2D eigenvalue weighted by atomic mass is 16.5. The molecule has 0 fully saturated rings. The molecule has 0 aliphatic carbocycles. The van der Waals surface area contributed by atoms with Crippen molar-refractivity contribution in [3.05, 3.63) is 42.5 Å². The molecule has 0 aliphatic heterocycles. The maximum absolute atomic E-state index is 5.40. The fraction of sp³-hybridized carbons (Fsp3) is 0.250. The summed E-state index contributed by atoms with van der Waals surface area (Å²) in [5.74, 6) is 1.50. The standard InChI is InChI=1S/C12H14N2O2/c1-2-15-12-11(6-3-7-13-12)14-9-10-5-4-8-16-10/h3-8,14H,2,9H2,1H3. The number of rotatable bonds is 5. The van der Waals surface area contributed by atoms with E-state index >= 15 is 0 Å². The first kappa shape index (κ1) is 10.5. The van der Waals surface area contributed by atoms with Gasteiger partial charge in [-0.25, -0.2) is 4.98 Å². The molecule has 0 amide bonds. The topological polar surface area (TPSA) is 47.3 Å². The van der Waals surface area contributed by atoms with Gasteiger partial charge in [0.15, 0.2) is 0 Å². The van der Waals surface area contributed by atoms with E-state index in [1.54, 1.807) is 12.5 Å². The van der Waals surface area contributed by atoms with Crippen molar-refractivity contribution in [1.29, 1.82) is 0 Å². The first-order valence-electron chi connectivity index (χ1n) is 5.24. The van der Waals surface area contributed by atoms with Crippen LogP contribution in [0.5, 0.6) is 5.88 Å². The third-order valence-electron chi connectivity index (χ3n) is 2.09. The Morgan fingerprint density at radius 2 is 2.31 bits per heavy atom. The van der Waals surface area contributed by atoms with Crippen LogP contribution in [0, 0.1) is 0 Å². The van der Waals surface area contributed by atoms with Gasteiger partial charge < -0.3 is 14.5 Å². The number of ether oxygens (including phenoxy) is 1. The molecule has 0 aromatic carbocycles. The summed E-state index contributed by atoms with van der Waals surface area (Å²) in [5, 5.41) is 3.22. The SMILES string of the molecule is CCOc1ncccc1NCc1ccco1. The Morgan fingerprint density at radius 1 is 1.38 bits per heavy atom. The first-order chi connectivity index (χ1) is 7.90. The molecule has 0 bridgehead atoms. The summed E-state index contributed by atoms with van der Waals surface area (Å²) in [5.41, 5.74) is 0.876. The summed E-state index contributed by atoms with van der Waals surface area (Å²) in [7, 11) is 0. The number of hydrogen-bond donors (Lipinski definition) is 1. The maximum Gasteiger partial charge on any atom is 0.237 e. The average molecular weight is 218 g/mol. The Balaban J connectivity index is 2.03.